The number of hydrogen-bond acceptors (Lipinski definition) is 4. The van der Waals surface area contributed by atoms with Gasteiger partial charge in [0.1, 0.15) is 0 Å². The Morgan fingerprint density at radius 3 is 2.57 bits per heavy atom. The van der Waals surface area contributed by atoms with Crippen LogP contribution in [-0.2, 0) is 10.2 Å². The summed E-state index contributed by atoms with van der Waals surface area (Å²) < 4.78 is 29.3. The first kappa shape index (κ1) is 17.1. The van der Waals surface area contributed by atoms with Crippen LogP contribution >= 0.6 is 0 Å². The Morgan fingerprint density at radius 2 is 1.90 bits per heavy atom. The van der Waals surface area contributed by atoms with Gasteiger partial charge in [0.05, 0.1) is 0 Å². The SMILES string of the molecule is CNCC1CCCN(S(=O)(=O)NCC(C)N2CCCC2)C1. The Hall–Kier alpha value is -0.210. The van der Waals surface area contributed by atoms with E-state index >= 15 is 0 Å². The molecule has 2 unspecified atom stereocenters. The lowest BCUT2D eigenvalue weighted by Crippen LogP contribution is -2.50. The summed E-state index contributed by atoms with van der Waals surface area (Å²) in [6.07, 6.45) is 4.52. The van der Waals surface area contributed by atoms with Gasteiger partial charge in [0.25, 0.3) is 10.2 Å². The van der Waals surface area contributed by atoms with Crippen molar-refractivity contribution >= 4 is 10.2 Å². The average molecular weight is 318 g/mol. The van der Waals surface area contributed by atoms with Crippen LogP contribution in [0.5, 0.6) is 0 Å². The maximum Gasteiger partial charge on any atom is 0.279 e. The summed E-state index contributed by atoms with van der Waals surface area (Å²) >= 11 is 0. The van der Waals surface area contributed by atoms with Gasteiger partial charge in [0.2, 0.25) is 0 Å². The molecule has 7 heteroatoms. The van der Waals surface area contributed by atoms with Gasteiger partial charge in [-0.15, -0.1) is 0 Å². The van der Waals surface area contributed by atoms with E-state index in [4.69, 9.17) is 0 Å². The second-order valence-electron chi connectivity index (χ2n) is 6.37. The summed E-state index contributed by atoms with van der Waals surface area (Å²) in [6.45, 7) is 6.97. The zero-order valence-corrected chi connectivity index (χ0v) is 14.2. The molecular formula is C14H30N4O2S. The van der Waals surface area contributed by atoms with Crippen molar-refractivity contribution in [2.75, 3.05) is 46.3 Å². The first-order chi connectivity index (χ1) is 10.0. The van der Waals surface area contributed by atoms with Gasteiger partial charge >= 0.3 is 0 Å². The number of nitrogens with zero attached hydrogens (tertiary/aromatic N) is 2. The van der Waals surface area contributed by atoms with Crippen LogP contribution in [0.4, 0.5) is 0 Å². The van der Waals surface area contributed by atoms with Crippen molar-refractivity contribution in [2.45, 2.75) is 38.6 Å². The van der Waals surface area contributed by atoms with Crippen molar-refractivity contribution in [3.05, 3.63) is 0 Å². The van der Waals surface area contributed by atoms with E-state index in [0.29, 0.717) is 25.6 Å². The molecule has 2 heterocycles. The van der Waals surface area contributed by atoms with Crippen LogP contribution in [0, 0.1) is 5.92 Å². The monoisotopic (exact) mass is 318 g/mol. The van der Waals surface area contributed by atoms with E-state index in [9.17, 15) is 8.42 Å². The van der Waals surface area contributed by atoms with Crippen LogP contribution in [0.15, 0.2) is 0 Å². The second kappa shape index (κ2) is 7.87. The van der Waals surface area contributed by atoms with E-state index < -0.39 is 10.2 Å². The third-order valence-electron chi connectivity index (χ3n) is 4.64. The van der Waals surface area contributed by atoms with Crippen LogP contribution in [0.2, 0.25) is 0 Å². The fraction of sp³-hybridized carbons (Fsp3) is 1.00. The molecule has 0 spiro atoms. The van der Waals surface area contributed by atoms with Gasteiger partial charge in [-0.3, -0.25) is 4.90 Å². The second-order valence-corrected chi connectivity index (χ2v) is 8.12. The highest BCUT2D eigenvalue weighted by atomic mass is 32.2. The van der Waals surface area contributed by atoms with Crippen LogP contribution in [0.25, 0.3) is 0 Å². The van der Waals surface area contributed by atoms with E-state index in [0.717, 1.165) is 32.5 Å². The van der Waals surface area contributed by atoms with E-state index in [-0.39, 0.29) is 6.04 Å². The molecule has 0 saturated carbocycles. The molecule has 0 radical (unpaired) electrons. The van der Waals surface area contributed by atoms with Crippen molar-refractivity contribution in [3.8, 4) is 0 Å². The molecule has 2 rings (SSSR count). The highest BCUT2D eigenvalue weighted by Crippen LogP contribution is 2.18. The fourth-order valence-corrected chi connectivity index (χ4v) is 4.74. The highest BCUT2D eigenvalue weighted by molar-refractivity contribution is 7.87. The molecule has 0 aromatic heterocycles. The van der Waals surface area contributed by atoms with Crippen LogP contribution in [0.1, 0.15) is 32.6 Å². The van der Waals surface area contributed by atoms with Crippen molar-refractivity contribution in [1.82, 2.24) is 19.2 Å². The van der Waals surface area contributed by atoms with Gasteiger partial charge in [-0.1, -0.05) is 0 Å². The summed E-state index contributed by atoms with van der Waals surface area (Å²) in [5, 5.41) is 3.15. The largest absolute Gasteiger partial charge is 0.319 e. The van der Waals surface area contributed by atoms with Crippen LogP contribution in [0.3, 0.4) is 0 Å². The van der Waals surface area contributed by atoms with E-state index in [2.05, 4.69) is 21.9 Å². The smallest absolute Gasteiger partial charge is 0.279 e. The van der Waals surface area contributed by atoms with Crippen molar-refractivity contribution in [3.63, 3.8) is 0 Å². The summed E-state index contributed by atoms with van der Waals surface area (Å²) in [5.41, 5.74) is 0. The number of nitrogens with one attached hydrogen (secondary N) is 2. The zero-order valence-electron chi connectivity index (χ0n) is 13.3. The maximum atomic E-state index is 12.4. The quantitative estimate of drug-likeness (QED) is 0.706. The Kier molecular flexibility index (Phi) is 6.43. The van der Waals surface area contributed by atoms with Gasteiger partial charge in [-0.2, -0.15) is 12.7 Å². The van der Waals surface area contributed by atoms with Crippen molar-refractivity contribution < 1.29 is 8.42 Å². The molecule has 0 bridgehead atoms. The van der Waals surface area contributed by atoms with Gasteiger partial charge < -0.3 is 5.32 Å². The minimum Gasteiger partial charge on any atom is -0.319 e. The Balaban J connectivity index is 1.82. The molecule has 21 heavy (non-hydrogen) atoms. The molecule has 2 fully saturated rings. The van der Waals surface area contributed by atoms with Crippen molar-refractivity contribution in [1.29, 1.82) is 0 Å². The van der Waals surface area contributed by atoms with Gasteiger partial charge in [0, 0.05) is 25.7 Å². The van der Waals surface area contributed by atoms with Gasteiger partial charge in [-0.05, 0) is 65.2 Å². The fourth-order valence-electron chi connectivity index (χ4n) is 3.33. The lowest BCUT2D eigenvalue weighted by molar-refractivity contribution is 0.247. The molecule has 0 aromatic carbocycles. The molecule has 2 aliphatic rings. The molecular weight excluding hydrogens is 288 g/mol. The molecule has 2 saturated heterocycles. The predicted octanol–water partition coefficient (Wildman–Crippen LogP) is 0.237. The normalized spacial score (nSPS) is 27.0. The number of likely N-dealkylation sites (tertiary alicyclic amines) is 1. The van der Waals surface area contributed by atoms with E-state index in [1.807, 2.05) is 7.05 Å². The minimum absolute atomic E-state index is 0.278. The maximum absolute atomic E-state index is 12.4. The summed E-state index contributed by atoms with van der Waals surface area (Å²) in [7, 11) is -1.41. The third-order valence-corrected chi connectivity index (χ3v) is 6.18. The first-order valence-electron chi connectivity index (χ1n) is 8.16. The Morgan fingerprint density at radius 1 is 1.19 bits per heavy atom. The lowest BCUT2D eigenvalue weighted by Gasteiger charge is -2.32. The molecule has 0 aromatic rings. The van der Waals surface area contributed by atoms with Gasteiger partial charge in [-0.25, -0.2) is 4.72 Å². The topological polar surface area (TPSA) is 64.7 Å². The number of rotatable bonds is 7. The summed E-state index contributed by atoms with van der Waals surface area (Å²) in [5.74, 6) is 0.427. The third kappa shape index (κ3) is 4.89. The van der Waals surface area contributed by atoms with Gasteiger partial charge in [0.15, 0.2) is 0 Å². The van der Waals surface area contributed by atoms with Crippen LogP contribution < -0.4 is 10.0 Å². The molecule has 2 aliphatic heterocycles. The molecule has 2 N–H and O–H groups in total. The van der Waals surface area contributed by atoms with E-state index in [1.54, 1.807) is 4.31 Å². The predicted molar refractivity (Wildman–Crippen MR) is 85.4 cm³/mol. The lowest BCUT2D eigenvalue weighted by atomic mass is 10.00. The molecule has 0 aliphatic carbocycles. The summed E-state index contributed by atoms with van der Waals surface area (Å²) in [6, 6.07) is 0.278. The highest BCUT2D eigenvalue weighted by Gasteiger charge is 2.29. The standard InChI is InChI=1S/C14H30N4O2S/c1-13(17-7-3-4-8-17)10-16-21(19,20)18-9-5-6-14(12-18)11-15-2/h13-16H,3-12H2,1-2H3. The Bertz CT molecular complexity index is 407. The Labute approximate surface area is 129 Å². The van der Waals surface area contributed by atoms with Crippen molar-refractivity contribution in [2.24, 2.45) is 5.92 Å². The minimum atomic E-state index is -3.33. The molecule has 124 valence electrons. The number of piperidine rings is 1. The van der Waals surface area contributed by atoms with E-state index in [1.165, 1.54) is 12.8 Å². The average Bonchev–Trinajstić information content (AvgIpc) is 3.00. The summed E-state index contributed by atoms with van der Waals surface area (Å²) in [4.78, 5) is 2.36. The molecule has 6 nitrogen and oxygen atoms in total. The molecule has 2 atom stereocenters. The zero-order chi connectivity index (χ0) is 15.3. The number of hydrogen-bond donors (Lipinski definition) is 2. The molecule has 0 amide bonds. The van der Waals surface area contributed by atoms with Crippen LogP contribution in [-0.4, -0.2) is 70.0 Å². The first-order valence-corrected chi connectivity index (χ1v) is 9.60.